The van der Waals surface area contributed by atoms with E-state index in [1.807, 2.05) is 6.08 Å². The Morgan fingerprint density at radius 3 is 2.25 bits per heavy atom. The highest BCUT2D eigenvalue weighted by molar-refractivity contribution is 6.36. The third-order valence-electron chi connectivity index (χ3n) is 11.7. The van der Waals surface area contributed by atoms with Crippen LogP contribution in [0.25, 0.3) is 0 Å². The molecule has 13 heteroatoms. The molecule has 6 atom stereocenters. The highest BCUT2D eigenvalue weighted by atomic mass is 35.5. The summed E-state index contributed by atoms with van der Waals surface area (Å²) in [5.41, 5.74) is 3.67. The van der Waals surface area contributed by atoms with E-state index in [9.17, 15) is 24.3 Å². The average molecular weight is 781 g/mol. The number of allylic oxidation sites excluding steroid dienone is 2. The quantitative estimate of drug-likeness (QED) is 0.109. The van der Waals surface area contributed by atoms with Crippen molar-refractivity contribution in [3.8, 4) is 17.2 Å². The number of rotatable bonds is 8. The fraction of sp³-hybridized carbons (Fsp3) is 0.262. The van der Waals surface area contributed by atoms with Gasteiger partial charge in [0.05, 0.1) is 53.8 Å². The van der Waals surface area contributed by atoms with Crippen molar-refractivity contribution in [1.82, 2.24) is 5.01 Å². The van der Waals surface area contributed by atoms with Crippen LogP contribution in [0.2, 0.25) is 10.0 Å². The molecule has 8 rings (SSSR count). The van der Waals surface area contributed by atoms with Crippen molar-refractivity contribution < 1.29 is 38.6 Å². The number of benzene rings is 4. The molecule has 11 nitrogen and oxygen atoms in total. The largest absolute Gasteiger partial charge is 0.508 e. The summed E-state index contributed by atoms with van der Waals surface area (Å²) in [7, 11) is 2.97. The maximum Gasteiger partial charge on any atom is 0.260 e. The smallest absolute Gasteiger partial charge is 0.260 e. The summed E-state index contributed by atoms with van der Waals surface area (Å²) >= 11 is 12.7. The predicted molar refractivity (Wildman–Crippen MR) is 204 cm³/mol. The lowest BCUT2D eigenvalue weighted by Crippen LogP contribution is -2.53. The number of carbonyl (C=O) groups is 5. The Kier molecular flexibility index (Phi) is 8.97. The number of hydrogen-bond acceptors (Lipinski definition) is 9. The van der Waals surface area contributed by atoms with Crippen LogP contribution in [-0.2, 0) is 24.6 Å². The number of fused-ring (bicyclic) bond motifs is 4. The highest BCUT2D eigenvalue weighted by Crippen LogP contribution is 2.66. The van der Waals surface area contributed by atoms with Crippen LogP contribution in [-0.4, -0.2) is 53.7 Å². The lowest BCUT2D eigenvalue weighted by atomic mass is 9.49. The van der Waals surface area contributed by atoms with Gasteiger partial charge < -0.3 is 14.6 Å². The van der Waals surface area contributed by atoms with Crippen molar-refractivity contribution in [3.63, 3.8) is 0 Å². The van der Waals surface area contributed by atoms with Gasteiger partial charge in [0.15, 0.2) is 5.78 Å². The molecule has 4 amide bonds. The summed E-state index contributed by atoms with van der Waals surface area (Å²) in [5.74, 6) is -6.04. The number of ketones is 1. The topological polar surface area (TPSA) is 143 Å². The number of Topliss-reactive ketones (excluding diaryl/α,β-unsaturated/α-hetero) is 1. The van der Waals surface area contributed by atoms with Crippen molar-refractivity contribution >= 4 is 64.0 Å². The molecule has 0 aromatic heterocycles. The maximum absolute atomic E-state index is 15.5. The lowest BCUT2D eigenvalue weighted by molar-refractivity contribution is -0.138. The first-order valence-electron chi connectivity index (χ1n) is 17.7. The number of hydrogen-bond donors (Lipinski definition) is 2. The molecule has 4 aliphatic rings. The van der Waals surface area contributed by atoms with Crippen molar-refractivity contribution in [3.05, 3.63) is 123 Å². The summed E-state index contributed by atoms with van der Waals surface area (Å²) in [6, 6.07) is 22.6. The number of ether oxygens (including phenoxy) is 2. The number of hydrazine groups is 1. The number of anilines is 2. The monoisotopic (exact) mass is 779 g/mol. The molecule has 0 bridgehead atoms. The van der Waals surface area contributed by atoms with E-state index in [1.54, 1.807) is 72.8 Å². The van der Waals surface area contributed by atoms with Gasteiger partial charge in [-0.05, 0) is 98.0 Å². The first-order valence-corrected chi connectivity index (χ1v) is 18.5. The summed E-state index contributed by atoms with van der Waals surface area (Å²) < 4.78 is 11.3. The lowest BCUT2D eigenvalue weighted by Gasteiger charge is -2.50. The van der Waals surface area contributed by atoms with Crippen LogP contribution in [0.5, 0.6) is 17.2 Å². The molecular formula is C42H35Cl2N3O8. The minimum absolute atomic E-state index is 0.0265. The van der Waals surface area contributed by atoms with Crippen LogP contribution in [0, 0.1) is 23.7 Å². The molecule has 2 saturated heterocycles. The van der Waals surface area contributed by atoms with Gasteiger partial charge in [-0.15, -0.1) is 0 Å². The molecule has 2 heterocycles. The molecule has 0 spiro atoms. The number of nitrogens with zero attached hydrogens (tertiary/aromatic N) is 2. The number of halogens is 2. The Morgan fingerprint density at radius 2 is 1.60 bits per heavy atom. The molecule has 2 N–H and O–H groups in total. The Bertz CT molecular complexity index is 2330. The Hall–Kier alpha value is -5.65. The zero-order valence-electron chi connectivity index (χ0n) is 29.9. The summed E-state index contributed by atoms with van der Waals surface area (Å²) in [4.78, 5) is 72.3. The minimum atomic E-state index is -1.69. The van der Waals surface area contributed by atoms with Gasteiger partial charge in [0.25, 0.3) is 11.8 Å². The zero-order valence-corrected chi connectivity index (χ0v) is 31.4. The van der Waals surface area contributed by atoms with E-state index in [2.05, 4.69) is 5.43 Å². The SMILES string of the molecule is COc1ccc(C23C(=O)N(Nc4ccc(Cl)cc4Cl)C(=O)C2CC2C(=CCC4C(=O)N(c5ccc(C(C)=O)cc5)C(=O)C42)C3c2c(O)cccc2OC)cc1. The molecule has 2 aliphatic carbocycles. The third kappa shape index (κ3) is 5.43. The maximum atomic E-state index is 15.5. The molecule has 3 fully saturated rings. The summed E-state index contributed by atoms with van der Waals surface area (Å²) in [6.45, 7) is 1.43. The third-order valence-corrected chi connectivity index (χ3v) is 12.2. The summed E-state index contributed by atoms with van der Waals surface area (Å²) in [5, 5.41) is 13.2. The van der Waals surface area contributed by atoms with Gasteiger partial charge in [-0.2, -0.15) is 5.01 Å². The number of phenols is 1. The molecule has 2 aliphatic heterocycles. The zero-order chi connectivity index (χ0) is 38.9. The Labute approximate surface area is 326 Å². The van der Waals surface area contributed by atoms with E-state index in [1.165, 1.54) is 33.3 Å². The Balaban J connectivity index is 1.33. The number of nitrogens with one attached hydrogen (secondary N) is 1. The number of carbonyl (C=O) groups excluding carboxylic acids is 5. The fourth-order valence-electron chi connectivity index (χ4n) is 9.26. The standard InChI is InChI=1S/C42H35Cl2N3O8/c1-21(48)22-7-12-25(13-8-22)46-38(50)28-17-16-27-29(35(28)40(46)52)20-30-39(51)47(45-32-18-11-24(43)19-31(32)44)41(53)42(30,23-9-14-26(54-2)15-10-23)37(27)36-33(49)5-4-6-34(36)55-3/h4-16,18-19,28-30,35,37,45,49H,17,20H2,1-3H3. The van der Waals surface area contributed by atoms with E-state index in [0.29, 0.717) is 33.2 Å². The molecule has 4 aromatic rings. The van der Waals surface area contributed by atoms with Crippen molar-refractivity contribution in [2.75, 3.05) is 24.5 Å². The number of imide groups is 2. The minimum Gasteiger partial charge on any atom is -0.508 e. The Morgan fingerprint density at radius 1 is 0.873 bits per heavy atom. The molecule has 0 radical (unpaired) electrons. The average Bonchev–Trinajstić information content (AvgIpc) is 3.56. The van der Waals surface area contributed by atoms with Gasteiger partial charge in [-0.1, -0.05) is 53.1 Å². The molecule has 1 saturated carbocycles. The van der Waals surface area contributed by atoms with Gasteiger partial charge in [0.2, 0.25) is 11.8 Å². The van der Waals surface area contributed by atoms with Gasteiger partial charge >= 0.3 is 0 Å². The van der Waals surface area contributed by atoms with Crippen molar-refractivity contribution in [1.29, 1.82) is 0 Å². The summed E-state index contributed by atoms with van der Waals surface area (Å²) in [6.07, 6.45) is 2.09. The van der Waals surface area contributed by atoms with Gasteiger partial charge in [-0.25, -0.2) is 0 Å². The van der Waals surface area contributed by atoms with Crippen LogP contribution < -0.4 is 19.8 Å². The van der Waals surface area contributed by atoms with E-state index < -0.39 is 52.7 Å². The molecule has 4 aromatic carbocycles. The van der Waals surface area contributed by atoms with Crippen LogP contribution in [0.1, 0.15) is 47.2 Å². The second-order valence-electron chi connectivity index (χ2n) is 14.2. The number of phenolic OH excluding ortho intramolecular Hbond substituents is 1. The van der Waals surface area contributed by atoms with Crippen LogP contribution in [0.3, 0.4) is 0 Å². The molecule has 6 unspecified atom stereocenters. The predicted octanol–water partition coefficient (Wildman–Crippen LogP) is 7.11. The second kappa shape index (κ2) is 13.6. The van der Waals surface area contributed by atoms with E-state index >= 15 is 4.79 Å². The first kappa shape index (κ1) is 36.3. The van der Waals surface area contributed by atoms with Crippen LogP contribution in [0.15, 0.2) is 96.6 Å². The van der Waals surface area contributed by atoms with Crippen LogP contribution >= 0.6 is 23.2 Å². The second-order valence-corrected chi connectivity index (χ2v) is 15.1. The normalized spacial score (nSPS) is 25.6. The van der Waals surface area contributed by atoms with Crippen molar-refractivity contribution in [2.45, 2.75) is 31.1 Å². The van der Waals surface area contributed by atoms with Crippen LogP contribution in [0.4, 0.5) is 11.4 Å². The van der Waals surface area contributed by atoms with Gasteiger partial charge in [0.1, 0.15) is 17.2 Å². The molecular weight excluding hydrogens is 745 g/mol. The van der Waals surface area contributed by atoms with E-state index in [4.69, 9.17) is 32.7 Å². The molecule has 280 valence electrons. The fourth-order valence-corrected chi connectivity index (χ4v) is 9.71. The van der Waals surface area contributed by atoms with Gasteiger partial charge in [-0.3, -0.25) is 34.3 Å². The van der Waals surface area contributed by atoms with Crippen molar-refractivity contribution in [2.24, 2.45) is 23.7 Å². The molecule has 55 heavy (non-hydrogen) atoms. The highest BCUT2D eigenvalue weighted by Gasteiger charge is 2.71. The first-order chi connectivity index (χ1) is 26.4. The van der Waals surface area contributed by atoms with Gasteiger partial charge in [0, 0.05) is 22.1 Å². The number of amides is 4. The number of aromatic hydroxyl groups is 1. The number of methoxy groups -OCH3 is 2. The van der Waals surface area contributed by atoms with E-state index in [0.717, 1.165) is 9.91 Å². The van der Waals surface area contributed by atoms with E-state index in [-0.39, 0.29) is 52.3 Å².